The van der Waals surface area contributed by atoms with Gasteiger partial charge in [-0.15, -0.1) is 22.7 Å². The Balaban J connectivity index is 1.54. The fourth-order valence-electron chi connectivity index (χ4n) is 2.82. The highest BCUT2D eigenvalue weighted by molar-refractivity contribution is 7.20. The third-order valence-electron chi connectivity index (χ3n) is 3.99. The van der Waals surface area contributed by atoms with Gasteiger partial charge in [0.15, 0.2) is 5.13 Å². The predicted octanol–water partition coefficient (Wildman–Crippen LogP) is 4.77. The zero-order chi connectivity index (χ0) is 17.2. The van der Waals surface area contributed by atoms with E-state index in [1.165, 1.54) is 22.7 Å². The molecular formula is C17H15ClN4OS2. The van der Waals surface area contributed by atoms with Crippen molar-refractivity contribution >= 4 is 51.1 Å². The lowest BCUT2D eigenvalue weighted by atomic mass is 10.2. The second kappa shape index (κ2) is 7.11. The number of hydrogen-bond donors (Lipinski definition) is 1. The normalized spacial score (nSPS) is 14.0. The first-order valence-electron chi connectivity index (χ1n) is 7.93. The zero-order valence-corrected chi connectivity index (χ0v) is 15.6. The van der Waals surface area contributed by atoms with Gasteiger partial charge in [0.05, 0.1) is 20.5 Å². The quantitative estimate of drug-likeness (QED) is 0.696. The number of halogens is 1. The van der Waals surface area contributed by atoms with Gasteiger partial charge in [-0.05, 0) is 37.1 Å². The molecule has 0 bridgehead atoms. The van der Waals surface area contributed by atoms with Gasteiger partial charge in [0.1, 0.15) is 5.82 Å². The SMILES string of the molecule is O=C(Nc1nc(-c2ccc(Cl)s2)cs1)c1cccnc1N1CCCC1. The van der Waals surface area contributed by atoms with Gasteiger partial charge in [-0.1, -0.05) is 11.6 Å². The Morgan fingerprint density at radius 1 is 1.24 bits per heavy atom. The minimum atomic E-state index is -0.180. The Hall–Kier alpha value is -1.96. The average molecular weight is 391 g/mol. The maximum absolute atomic E-state index is 12.7. The molecule has 0 saturated carbocycles. The number of carbonyl (C=O) groups is 1. The Morgan fingerprint density at radius 3 is 2.84 bits per heavy atom. The third kappa shape index (κ3) is 3.53. The van der Waals surface area contributed by atoms with Crippen LogP contribution in [-0.4, -0.2) is 29.0 Å². The summed E-state index contributed by atoms with van der Waals surface area (Å²) in [5.41, 5.74) is 1.41. The van der Waals surface area contributed by atoms with E-state index in [2.05, 4.69) is 20.2 Å². The van der Waals surface area contributed by atoms with Gasteiger partial charge in [-0.2, -0.15) is 0 Å². The molecule has 0 radical (unpaired) electrons. The van der Waals surface area contributed by atoms with Crippen LogP contribution in [0.2, 0.25) is 4.34 Å². The smallest absolute Gasteiger partial charge is 0.261 e. The number of carbonyl (C=O) groups excluding carboxylic acids is 1. The van der Waals surface area contributed by atoms with Crippen LogP contribution in [0.15, 0.2) is 35.8 Å². The van der Waals surface area contributed by atoms with E-state index in [-0.39, 0.29) is 5.91 Å². The molecule has 0 aliphatic carbocycles. The molecule has 0 spiro atoms. The standard InChI is InChI=1S/C17H15ClN4OS2/c18-14-6-5-13(25-14)12-10-24-17(20-12)21-16(23)11-4-3-7-19-15(11)22-8-1-2-9-22/h3-7,10H,1-2,8-9H2,(H,20,21,23). The highest BCUT2D eigenvalue weighted by Crippen LogP contribution is 2.33. The van der Waals surface area contributed by atoms with E-state index < -0.39 is 0 Å². The molecule has 3 aromatic heterocycles. The number of thiazole rings is 1. The summed E-state index contributed by atoms with van der Waals surface area (Å²) in [6, 6.07) is 7.37. The van der Waals surface area contributed by atoms with Crippen molar-refractivity contribution in [2.24, 2.45) is 0 Å². The summed E-state index contributed by atoms with van der Waals surface area (Å²) < 4.78 is 0.721. The fourth-order valence-corrected chi connectivity index (χ4v) is 4.60. The summed E-state index contributed by atoms with van der Waals surface area (Å²) in [5.74, 6) is 0.569. The van der Waals surface area contributed by atoms with E-state index in [0.717, 1.165) is 46.7 Å². The van der Waals surface area contributed by atoms with Crippen molar-refractivity contribution in [2.45, 2.75) is 12.8 Å². The first-order valence-corrected chi connectivity index (χ1v) is 10.0. The van der Waals surface area contributed by atoms with Crippen molar-refractivity contribution in [3.63, 3.8) is 0 Å². The molecule has 4 rings (SSSR count). The molecule has 5 nitrogen and oxygen atoms in total. The number of hydrogen-bond acceptors (Lipinski definition) is 6. The lowest BCUT2D eigenvalue weighted by Gasteiger charge is -2.19. The number of nitrogens with zero attached hydrogens (tertiary/aromatic N) is 3. The first-order chi connectivity index (χ1) is 12.2. The Kier molecular flexibility index (Phi) is 4.70. The van der Waals surface area contributed by atoms with E-state index >= 15 is 0 Å². The minimum absolute atomic E-state index is 0.180. The molecule has 0 unspecified atom stereocenters. The average Bonchev–Trinajstić information content (AvgIpc) is 3.36. The van der Waals surface area contributed by atoms with Crippen LogP contribution in [0, 0.1) is 0 Å². The van der Waals surface area contributed by atoms with Crippen LogP contribution in [0.5, 0.6) is 0 Å². The Bertz CT molecular complexity index is 901. The number of pyridine rings is 1. The van der Waals surface area contributed by atoms with E-state index in [4.69, 9.17) is 11.6 Å². The van der Waals surface area contributed by atoms with E-state index in [0.29, 0.717) is 10.7 Å². The molecule has 1 aliphatic heterocycles. The van der Waals surface area contributed by atoms with Crippen LogP contribution in [-0.2, 0) is 0 Å². The van der Waals surface area contributed by atoms with Gasteiger partial charge in [-0.25, -0.2) is 9.97 Å². The lowest BCUT2D eigenvalue weighted by molar-refractivity contribution is 0.102. The van der Waals surface area contributed by atoms with Crippen LogP contribution >= 0.6 is 34.3 Å². The predicted molar refractivity (Wildman–Crippen MR) is 104 cm³/mol. The van der Waals surface area contributed by atoms with E-state index in [9.17, 15) is 4.79 Å². The molecule has 1 saturated heterocycles. The van der Waals surface area contributed by atoms with Crippen molar-refractivity contribution in [2.75, 3.05) is 23.3 Å². The van der Waals surface area contributed by atoms with Crippen molar-refractivity contribution < 1.29 is 4.79 Å². The zero-order valence-electron chi connectivity index (χ0n) is 13.2. The molecule has 1 aliphatic rings. The minimum Gasteiger partial charge on any atom is -0.356 e. The van der Waals surface area contributed by atoms with Crippen LogP contribution < -0.4 is 10.2 Å². The van der Waals surface area contributed by atoms with E-state index in [1.807, 2.05) is 23.6 Å². The largest absolute Gasteiger partial charge is 0.356 e. The maximum Gasteiger partial charge on any atom is 0.261 e. The van der Waals surface area contributed by atoms with Gasteiger partial charge < -0.3 is 4.90 Å². The summed E-state index contributed by atoms with van der Waals surface area (Å²) in [6.45, 7) is 1.88. The summed E-state index contributed by atoms with van der Waals surface area (Å²) in [5, 5.41) is 5.38. The second-order valence-electron chi connectivity index (χ2n) is 5.66. The molecule has 1 N–H and O–H groups in total. The van der Waals surface area contributed by atoms with Gasteiger partial charge in [0, 0.05) is 24.7 Å². The highest BCUT2D eigenvalue weighted by Gasteiger charge is 2.21. The molecule has 1 fully saturated rings. The van der Waals surface area contributed by atoms with Gasteiger partial charge in [0.2, 0.25) is 0 Å². The molecule has 0 atom stereocenters. The van der Waals surface area contributed by atoms with Gasteiger partial charge >= 0.3 is 0 Å². The number of thiophene rings is 1. The summed E-state index contributed by atoms with van der Waals surface area (Å²) in [7, 11) is 0. The number of amides is 1. The fraction of sp³-hybridized carbons (Fsp3) is 0.235. The Morgan fingerprint density at radius 2 is 2.08 bits per heavy atom. The molecule has 3 aromatic rings. The van der Waals surface area contributed by atoms with Crippen LogP contribution in [0.25, 0.3) is 10.6 Å². The van der Waals surface area contributed by atoms with Crippen LogP contribution in [0.1, 0.15) is 23.2 Å². The van der Waals surface area contributed by atoms with Crippen LogP contribution in [0.4, 0.5) is 10.9 Å². The second-order valence-corrected chi connectivity index (χ2v) is 8.24. The van der Waals surface area contributed by atoms with Gasteiger partial charge in [-0.3, -0.25) is 10.1 Å². The number of nitrogens with one attached hydrogen (secondary N) is 1. The number of rotatable bonds is 4. The van der Waals surface area contributed by atoms with Crippen molar-refractivity contribution in [1.82, 2.24) is 9.97 Å². The topological polar surface area (TPSA) is 58.1 Å². The first kappa shape index (κ1) is 16.5. The molecule has 128 valence electrons. The van der Waals surface area contributed by atoms with E-state index in [1.54, 1.807) is 12.3 Å². The molecule has 0 aromatic carbocycles. The third-order valence-corrected chi connectivity index (χ3v) is 6.00. The molecule has 4 heterocycles. The lowest BCUT2D eigenvalue weighted by Crippen LogP contribution is -2.24. The highest BCUT2D eigenvalue weighted by atomic mass is 35.5. The van der Waals surface area contributed by atoms with Crippen molar-refractivity contribution in [3.8, 4) is 10.6 Å². The summed E-state index contributed by atoms with van der Waals surface area (Å²) >= 11 is 8.84. The van der Waals surface area contributed by atoms with Crippen LogP contribution in [0.3, 0.4) is 0 Å². The number of aromatic nitrogens is 2. The Labute approximate surface area is 158 Å². The monoisotopic (exact) mass is 390 g/mol. The summed E-state index contributed by atoms with van der Waals surface area (Å²) in [4.78, 5) is 24.8. The number of anilines is 2. The van der Waals surface area contributed by atoms with Crippen molar-refractivity contribution in [3.05, 3.63) is 45.7 Å². The maximum atomic E-state index is 12.7. The summed E-state index contributed by atoms with van der Waals surface area (Å²) in [6.07, 6.45) is 4.00. The molecule has 25 heavy (non-hydrogen) atoms. The van der Waals surface area contributed by atoms with Gasteiger partial charge in [0.25, 0.3) is 5.91 Å². The molecule has 1 amide bonds. The molecular weight excluding hydrogens is 376 g/mol. The molecule has 8 heteroatoms. The van der Waals surface area contributed by atoms with Crippen molar-refractivity contribution in [1.29, 1.82) is 0 Å².